The molecule has 1 heterocycles. The Kier molecular flexibility index (Phi) is 5.92. The van der Waals surface area contributed by atoms with E-state index in [4.69, 9.17) is 15.0 Å². The first-order chi connectivity index (χ1) is 24.0. The van der Waals surface area contributed by atoms with E-state index in [1.807, 2.05) is 18.2 Å². The van der Waals surface area contributed by atoms with Crippen LogP contribution in [0.1, 0.15) is 25.0 Å². The topological polar surface area (TPSA) is 38.7 Å². The molecule has 0 aliphatic heterocycles. The molecule has 0 radical (unpaired) electrons. The van der Waals surface area contributed by atoms with Crippen LogP contribution in [0.3, 0.4) is 0 Å². The van der Waals surface area contributed by atoms with Crippen molar-refractivity contribution in [2.24, 2.45) is 0 Å². The Morgan fingerprint density at radius 2 is 0.939 bits per heavy atom. The molecule has 3 heteroatoms. The highest BCUT2D eigenvalue weighted by Crippen LogP contribution is 2.50. The zero-order valence-corrected chi connectivity index (χ0v) is 27.3. The van der Waals surface area contributed by atoms with E-state index < -0.39 is 0 Å². The lowest BCUT2D eigenvalue weighted by Gasteiger charge is -2.22. The molecule has 1 aromatic heterocycles. The molecule has 8 aromatic carbocycles. The second kappa shape index (κ2) is 10.4. The van der Waals surface area contributed by atoms with Gasteiger partial charge < -0.3 is 0 Å². The molecule has 0 unspecified atom stereocenters. The standard InChI is InChI=1S/C46H31N3/c1-46(2)40-15-9-8-14-37(40)39-27-38-33(26-41(39)46)20-18-29-17-19-32-25-35(22-23-36(32)42(29)38)45-48-43(30-11-4-3-5-12-30)47-44(49-45)34-21-16-28-10-6-7-13-31(28)24-34/h3-27H,1-2H3. The summed E-state index contributed by atoms with van der Waals surface area (Å²) in [5.74, 6) is 1.99. The van der Waals surface area contributed by atoms with E-state index in [1.165, 1.54) is 54.6 Å². The molecule has 9 aromatic rings. The van der Waals surface area contributed by atoms with Gasteiger partial charge in [0.2, 0.25) is 0 Å². The molecule has 49 heavy (non-hydrogen) atoms. The number of rotatable bonds is 3. The van der Waals surface area contributed by atoms with Gasteiger partial charge in [0.05, 0.1) is 0 Å². The van der Waals surface area contributed by atoms with Crippen LogP contribution in [-0.2, 0) is 5.41 Å². The molecule has 0 N–H and O–H groups in total. The van der Waals surface area contributed by atoms with Crippen molar-refractivity contribution in [1.82, 2.24) is 15.0 Å². The molecule has 1 aliphatic carbocycles. The molecular formula is C46H31N3. The first-order valence-electron chi connectivity index (χ1n) is 16.9. The molecule has 10 rings (SSSR count). The first kappa shape index (κ1) is 27.9. The van der Waals surface area contributed by atoms with Gasteiger partial charge in [-0.05, 0) is 89.6 Å². The van der Waals surface area contributed by atoms with Crippen LogP contribution in [0.4, 0.5) is 0 Å². The van der Waals surface area contributed by atoms with E-state index in [0.29, 0.717) is 17.5 Å². The SMILES string of the molecule is CC1(C)c2ccccc2-c2cc3c(ccc4ccc5cc(-c6nc(-c7ccccc7)nc(-c7ccc8ccccc8c7)n6)ccc5c43)cc21. The van der Waals surface area contributed by atoms with Gasteiger partial charge in [-0.15, -0.1) is 0 Å². The van der Waals surface area contributed by atoms with E-state index >= 15 is 0 Å². The minimum atomic E-state index is -0.0302. The van der Waals surface area contributed by atoms with Crippen molar-refractivity contribution in [3.8, 4) is 45.3 Å². The largest absolute Gasteiger partial charge is 0.208 e. The number of fused-ring (bicyclic) bond motifs is 9. The van der Waals surface area contributed by atoms with Crippen LogP contribution >= 0.6 is 0 Å². The lowest BCUT2D eigenvalue weighted by Crippen LogP contribution is -2.14. The third-order valence-electron chi connectivity index (χ3n) is 10.5. The summed E-state index contributed by atoms with van der Waals surface area (Å²) in [6.07, 6.45) is 0. The van der Waals surface area contributed by atoms with Crippen LogP contribution in [0.2, 0.25) is 0 Å². The number of hydrogen-bond donors (Lipinski definition) is 0. The second-order valence-corrected chi connectivity index (χ2v) is 13.7. The summed E-state index contributed by atoms with van der Waals surface area (Å²) in [6, 6.07) is 54.3. The van der Waals surface area contributed by atoms with Crippen LogP contribution in [0.25, 0.3) is 88.4 Å². The van der Waals surface area contributed by atoms with Crippen molar-refractivity contribution in [2.75, 3.05) is 0 Å². The second-order valence-electron chi connectivity index (χ2n) is 13.7. The number of hydrogen-bond acceptors (Lipinski definition) is 3. The van der Waals surface area contributed by atoms with Crippen molar-refractivity contribution in [1.29, 1.82) is 0 Å². The molecular weight excluding hydrogens is 595 g/mol. The fourth-order valence-corrected chi connectivity index (χ4v) is 7.90. The van der Waals surface area contributed by atoms with Gasteiger partial charge in [0.1, 0.15) is 0 Å². The molecule has 0 fully saturated rings. The monoisotopic (exact) mass is 625 g/mol. The Balaban J connectivity index is 1.16. The van der Waals surface area contributed by atoms with Crippen LogP contribution in [0.15, 0.2) is 152 Å². The van der Waals surface area contributed by atoms with Gasteiger partial charge in [0.15, 0.2) is 17.5 Å². The maximum atomic E-state index is 5.08. The minimum absolute atomic E-state index is 0.0302. The lowest BCUT2D eigenvalue weighted by atomic mass is 9.81. The Bertz CT molecular complexity index is 2800. The lowest BCUT2D eigenvalue weighted by molar-refractivity contribution is 0.661. The maximum absolute atomic E-state index is 5.08. The van der Waals surface area contributed by atoms with Crippen molar-refractivity contribution >= 4 is 43.1 Å². The normalized spacial score (nSPS) is 13.3. The number of benzene rings is 8. The molecule has 3 nitrogen and oxygen atoms in total. The molecule has 0 amide bonds. The van der Waals surface area contributed by atoms with Crippen molar-refractivity contribution in [3.05, 3.63) is 163 Å². The van der Waals surface area contributed by atoms with Gasteiger partial charge in [-0.1, -0.05) is 141 Å². The fraction of sp³-hybridized carbons (Fsp3) is 0.0652. The molecule has 230 valence electrons. The molecule has 0 saturated carbocycles. The van der Waals surface area contributed by atoms with Crippen LogP contribution < -0.4 is 0 Å². The zero-order chi connectivity index (χ0) is 32.7. The van der Waals surface area contributed by atoms with Gasteiger partial charge in [0.25, 0.3) is 0 Å². The van der Waals surface area contributed by atoms with E-state index in [0.717, 1.165) is 27.5 Å². The van der Waals surface area contributed by atoms with Gasteiger partial charge >= 0.3 is 0 Å². The predicted octanol–water partition coefficient (Wildman–Crippen LogP) is 11.8. The molecule has 1 aliphatic rings. The van der Waals surface area contributed by atoms with Crippen LogP contribution in [0.5, 0.6) is 0 Å². The van der Waals surface area contributed by atoms with E-state index in [1.54, 1.807) is 0 Å². The highest BCUT2D eigenvalue weighted by atomic mass is 15.0. The van der Waals surface area contributed by atoms with E-state index in [2.05, 4.69) is 147 Å². The molecule has 0 atom stereocenters. The summed E-state index contributed by atoms with van der Waals surface area (Å²) < 4.78 is 0. The third-order valence-corrected chi connectivity index (χ3v) is 10.5. The van der Waals surface area contributed by atoms with Gasteiger partial charge in [-0.2, -0.15) is 0 Å². The van der Waals surface area contributed by atoms with Gasteiger partial charge in [-0.25, -0.2) is 15.0 Å². The van der Waals surface area contributed by atoms with Crippen molar-refractivity contribution in [2.45, 2.75) is 19.3 Å². The predicted molar refractivity (Wildman–Crippen MR) is 204 cm³/mol. The first-order valence-corrected chi connectivity index (χ1v) is 16.9. The quantitative estimate of drug-likeness (QED) is 0.183. The van der Waals surface area contributed by atoms with Gasteiger partial charge in [0, 0.05) is 22.1 Å². The average molecular weight is 626 g/mol. The maximum Gasteiger partial charge on any atom is 0.164 e. The summed E-state index contributed by atoms with van der Waals surface area (Å²) in [5.41, 5.74) is 8.34. The summed E-state index contributed by atoms with van der Waals surface area (Å²) in [6.45, 7) is 4.69. The Hall–Kier alpha value is -6.19. The average Bonchev–Trinajstić information content (AvgIpc) is 3.38. The van der Waals surface area contributed by atoms with Crippen LogP contribution in [-0.4, -0.2) is 15.0 Å². The smallest absolute Gasteiger partial charge is 0.164 e. The highest BCUT2D eigenvalue weighted by molar-refractivity contribution is 6.21. The van der Waals surface area contributed by atoms with Crippen LogP contribution in [0, 0.1) is 0 Å². The molecule has 0 saturated heterocycles. The fourth-order valence-electron chi connectivity index (χ4n) is 7.90. The molecule has 0 bridgehead atoms. The number of aromatic nitrogens is 3. The van der Waals surface area contributed by atoms with Crippen molar-refractivity contribution in [3.63, 3.8) is 0 Å². The minimum Gasteiger partial charge on any atom is -0.208 e. The summed E-state index contributed by atoms with van der Waals surface area (Å²) >= 11 is 0. The highest BCUT2D eigenvalue weighted by Gasteiger charge is 2.35. The number of nitrogens with zero attached hydrogens (tertiary/aromatic N) is 3. The van der Waals surface area contributed by atoms with E-state index in [-0.39, 0.29) is 5.41 Å². The Morgan fingerprint density at radius 3 is 1.71 bits per heavy atom. The van der Waals surface area contributed by atoms with Gasteiger partial charge in [-0.3, -0.25) is 0 Å². The third kappa shape index (κ3) is 4.32. The Morgan fingerprint density at radius 1 is 0.367 bits per heavy atom. The molecule has 0 spiro atoms. The summed E-state index contributed by atoms with van der Waals surface area (Å²) in [4.78, 5) is 15.1. The summed E-state index contributed by atoms with van der Waals surface area (Å²) in [5, 5.41) is 9.81. The Labute approximate surface area is 284 Å². The van der Waals surface area contributed by atoms with E-state index in [9.17, 15) is 0 Å². The van der Waals surface area contributed by atoms with Crippen molar-refractivity contribution < 1.29 is 0 Å². The summed E-state index contributed by atoms with van der Waals surface area (Å²) in [7, 11) is 0. The zero-order valence-electron chi connectivity index (χ0n) is 27.3.